The molecule has 12 heteroatoms. The molecule has 1 fully saturated rings. The highest BCUT2D eigenvalue weighted by molar-refractivity contribution is 7.80. The maximum absolute atomic E-state index is 12.1. The van der Waals surface area contributed by atoms with Crippen LogP contribution < -0.4 is 11.2 Å². The van der Waals surface area contributed by atoms with Crippen LogP contribution in [-0.4, -0.2) is 50.5 Å². The molecule has 1 aliphatic rings. The van der Waals surface area contributed by atoms with Crippen molar-refractivity contribution < 1.29 is 28.3 Å². The molecule has 1 aromatic rings. The van der Waals surface area contributed by atoms with Crippen LogP contribution >= 0.6 is 20.5 Å². The average Bonchev–Trinajstić information content (AvgIpc) is 2.98. The van der Waals surface area contributed by atoms with Gasteiger partial charge in [0.15, 0.2) is 0 Å². The van der Waals surface area contributed by atoms with Crippen molar-refractivity contribution in [2.75, 3.05) is 19.0 Å². The number of phosphoric ester groups is 1. The van der Waals surface area contributed by atoms with Crippen molar-refractivity contribution in [3.8, 4) is 0 Å². The number of unbranched alkanes of at least 4 members (excludes halogenated alkanes) is 3. The molecule has 1 aromatic heterocycles. The maximum atomic E-state index is 12.1. The van der Waals surface area contributed by atoms with E-state index in [2.05, 4.69) is 17.6 Å². The van der Waals surface area contributed by atoms with Gasteiger partial charge in [-0.2, -0.15) is 12.6 Å². The van der Waals surface area contributed by atoms with Crippen molar-refractivity contribution in [3.05, 3.63) is 32.6 Å². The van der Waals surface area contributed by atoms with Gasteiger partial charge in [-0.05, 0) is 25.5 Å². The van der Waals surface area contributed by atoms with E-state index in [-0.39, 0.29) is 13.0 Å². The molecule has 28 heavy (non-hydrogen) atoms. The second-order valence-corrected chi connectivity index (χ2v) is 8.33. The highest BCUT2D eigenvalue weighted by Gasteiger charge is 2.41. The Labute approximate surface area is 167 Å². The molecule has 0 saturated carbocycles. The van der Waals surface area contributed by atoms with E-state index in [0.29, 0.717) is 12.2 Å². The van der Waals surface area contributed by atoms with E-state index in [1.807, 2.05) is 0 Å². The summed E-state index contributed by atoms with van der Waals surface area (Å²) in [6, 6.07) is 0. The van der Waals surface area contributed by atoms with E-state index in [9.17, 15) is 14.2 Å². The van der Waals surface area contributed by atoms with E-state index in [1.54, 1.807) is 6.92 Å². The first-order chi connectivity index (χ1) is 13.2. The highest BCUT2D eigenvalue weighted by atomic mass is 32.1. The number of nitrogens with one attached hydrogen (secondary N) is 1. The lowest BCUT2D eigenvalue weighted by Gasteiger charge is -2.19. The Morgan fingerprint density at radius 2 is 2.04 bits per heavy atom. The van der Waals surface area contributed by atoms with Crippen LogP contribution in [-0.2, 0) is 18.6 Å². The van der Waals surface area contributed by atoms with E-state index >= 15 is 0 Å². The molecule has 2 rings (SSSR count). The summed E-state index contributed by atoms with van der Waals surface area (Å²) in [4.78, 5) is 44.1. The Balaban J connectivity index is 2.00. The van der Waals surface area contributed by atoms with Gasteiger partial charge < -0.3 is 19.3 Å². The third-order valence-corrected chi connectivity index (χ3v) is 5.25. The van der Waals surface area contributed by atoms with Gasteiger partial charge in [0, 0.05) is 24.8 Å². The minimum atomic E-state index is -4.75. The van der Waals surface area contributed by atoms with Gasteiger partial charge in [-0.25, -0.2) is 9.36 Å². The molecule has 0 amide bonds. The fourth-order valence-electron chi connectivity index (χ4n) is 2.98. The zero-order valence-corrected chi connectivity index (χ0v) is 17.4. The predicted octanol–water partition coefficient (Wildman–Crippen LogP) is 1.12. The first-order valence-corrected chi connectivity index (χ1v) is 11.3. The number of aromatic nitrogens is 2. The number of hydrogen-bond donors (Lipinski definition) is 4. The highest BCUT2D eigenvalue weighted by Crippen LogP contribution is 2.43. The second-order valence-electron chi connectivity index (χ2n) is 6.69. The maximum Gasteiger partial charge on any atom is 0.469 e. The van der Waals surface area contributed by atoms with Gasteiger partial charge in [-0.3, -0.25) is 18.9 Å². The Morgan fingerprint density at radius 3 is 2.71 bits per heavy atom. The van der Waals surface area contributed by atoms with Crippen LogP contribution in [0.15, 0.2) is 15.8 Å². The number of nitrogens with zero attached hydrogens (tertiary/aromatic N) is 1. The summed E-state index contributed by atoms with van der Waals surface area (Å²) < 4.78 is 28.6. The fraction of sp³-hybridized carbons (Fsp3) is 0.750. The topological polar surface area (TPSA) is 140 Å². The fourth-order valence-corrected chi connectivity index (χ4v) is 3.78. The van der Waals surface area contributed by atoms with Crippen LogP contribution in [0, 0.1) is 6.92 Å². The van der Waals surface area contributed by atoms with Crippen molar-refractivity contribution in [1.29, 1.82) is 0 Å². The van der Waals surface area contributed by atoms with E-state index in [4.69, 9.17) is 23.8 Å². The van der Waals surface area contributed by atoms with Crippen LogP contribution in [0.3, 0.4) is 0 Å². The smallest absolute Gasteiger partial charge is 0.379 e. The summed E-state index contributed by atoms with van der Waals surface area (Å²) in [7, 11) is -4.75. The van der Waals surface area contributed by atoms with Crippen LogP contribution in [0.2, 0.25) is 0 Å². The number of phosphoric acid groups is 1. The normalized spacial score (nSPS) is 22.6. The Morgan fingerprint density at radius 1 is 1.32 bits per heavy atom. The number of rotatable bonds is 11. The molecule has 0 radical (unpaired) electrons. The van der Waals surface area contributed by atoms with Crippen LogP contribution in [0.25, 0.3) is 0 Å². The Bertz CT molecular complexity index is 792. The molecule has 0 aliphatic carbocycles. The number of hydrogen-bond acceptors (Lipinski definition) is 7. The summed E-state index contributed by atoms with van der Waals surface area (Å²) in [6.45, 7) is 2.10. The van der Waals surface area contributed by atoms with E-state index in [0.717, 1.165) is 31.4 Å². The number of ether oxygens (including phenoxy) is 2. The van der Waals surface area contributed by atoms with Gasteiger partial charge in [0.2, 0.25) is 0 Å². The molecular weight excluding hydrogens is 411 g/mol. The zero-order chi connectivity index (χ0) is 20.7. The second kappa shape index (κ2) is 10.7. The third kappa shape index (κ3) is 7.14. The van der Waals surface area contributed by atoms with Gasteiger partial charge >= 0.3 is 13.5 Å². The quantitative estimate of drug-likeness (QED) is 0.229. The molecule has 0 unspecified atom stereocenters. The molecule has 10 nitrogen and oxygen atoms in total. The van der Waals surface area contributed by atoms with Gasteiger partial charge in [-0.15, -0.1) is 0 Å². The number of thiol groups is 1. The van der Waals surface area contributed by atoms with Crippen molar-refractivity contribution in [2.24, 2.45) is 0 Å². The summed E-state index contributed by atoms with van der Waals surface area (Å²) >= 11 is 4.16. The van der Waals surface area contributed by atoms with Crippen molar-refractivity contribution in [1.82, 2.24) is 9.55 Å². The van der Waals surface area contributed by atoms with Crippen molar-refractivity contribution in [3.63, 3.8) is 0 Å². The molecule has 1 saturated heterocycles. The van der Waals surface area contributed by atoms with Crippen LogP contribution in [0.1, 0.15) is 43.9 Å². The third-order valence-electron chi connectivity index (χ3n) is 4.39. The first-order valence-electron chi connectivity index (χ1n) is 9.11. The van der Waals surface area contributed by atoms with Crippen LogP contribution in [0.4, 0.5) is 0 Å². The summed E-state index contributed by atoms with van der Waals surface area (Å²) in [5.41, 5.74) is -0.849. The standard InChI is InChI=1S/C16H27N2O8PS/c1-11-9-18(16(20)17-15(11)19)14-8-12(26-27(21,22)23)13(25-14)10-24-6-4-2-3-5-7-28/h9,12-14,28H,2-8,10H2,1H3,(H,17,19,20)(H2,21,22,23)/t12-,13+,14+/m0/s1. The molecule has 0 spiro atoms. The van der Waals surface area contributed by atoms with Gasteiger partial charge in [-0.1, -0.05) is 12.8 Å². The zero-order valence-electron chi connectivity index (χ0n) is 15.7. The lowest BCUT2D eigenvalue weighted by atomic mass is 10.2. The predicted molar refractivity (Wildman–Crippen MR) is 105 cm³/mol. The summed E-state index contributed by atoms with van der Waals surface area (Å²) in [5, 5.41) is 0. The molecule has 0 bridgehead atoms. The van der Waals surface area contributed by atoms with E-state index < -0.39 is 37.5 Å². The van der Waals surface area contributed by atoms with Crippen LogP contribution in [0.5, 0.6) is 0 Å². The molecule has 1 aliphatic heterocycles. The Kier molecular flexibility index (Phi) is 8.94. The lowest BCUT2D eigenvalue weighted by Crippen LogP contribution is -2.33. The van der Waals surface area contributed by atoms with Gasteiger partial charge in [0.1, 0.15) is 18.4 Å². The summed E-state index contributed by atoms with van der Waals surface area (Å²) in [5.74, 6) is 0.850. The molecular formula is C16H27N2O8PS. The molecule has 2 heterocycles. The number of aromatic amines is 1. The molecule has 3 N–H and O–H groups in total. The molecule has 3 atom stereocenters. The van der Waals surface area contributed by atoms with Gasteiger partial charge in [0.05, 0.1) is 6.61 Å². The lowest BCUT2D eigenvalue weighted by molar-refractivity contribution is -0.0630. The minimum Gasteiger partial charge on any atom is -0.379 e. The number of aryl methyl sites for hydroxylation is 1. The minimum absolute atomic E-state index is 0.0342. The van der Waals surface area contributed by atoms with Gasteiger partial charge in [0.25, 0.3) is 5.56 Å². The van der Waals surface area contributed by atoms with Crippen molar-refractivity contribution in [2.45, 2.75) is 57.5 Å². The Hall–Kier alpha value is -0.940. The largest absolute Gasteiger partial charge is 0.469 e. The SMILES string of the molecule is Cc1cn([C@H]2C[C@H](OP(=O)(O)O)[C@@H](COCCCCCCS)O2)c(=O)[nH]c1=O. The first kappa shape index (κ1) is 23.3. The molecule has 0 aromatic carbocycles. The number of H-pyrrole nitrogens is 1. The summed E-state index contributed by atoms with van der Waals surface area (Å²) in [6.07, 6.45) is 2.81. The van der Waals surface area contributed by atoms with E-state index in [1.165, 1.54) is 10.8 Å². The average molecular weight is 438 g/mol. The monoisotopic (exact) mass is 438 g/mol. The van der Waals surface area contributed by atoms with Crippen molar-refractivity contribution >= 4 is 20.5 Å². The molecule has 160 valence electrons.